The topological polar surface area (TPSA) is 38.0 Å². The van der Waals surface area contributed by atoms with E-state index >= 15 is 0 Å². The largest absolute Gasteiger partial charge is 0.391 e. The molecule has 6 heteroatoms. The molecule has 2 nitrogen and oxygen atoms in total. The van der Waals surface area contributed by atoms with E-state index in [1.165, 1.54) is 0 Å². The Balaban J connectivity index is 2.03. The molecule has 3 N–H and O–H groups in total. The van der Waals surface area contributed by atoms with Crippen molar-refractivity contribution in [3.05, 3.63) is 29.3 Å². The van der Waals surface area contributed by atoms with Crippen molar-refractivity contribution in [2.75, 3.05) is 11.9 Å². The first-order valence-electron chi connectivity index (χ1n) is 6.65. The number of rotatable bonds is 3. The molecule has 0 bridgehead atoms. The molecule has 1 fully saturated rings. The average molecular weight is 307 g/mol. The minimum absolute atomic E-state index is 0.126. The molecule has 20 heavy (non-hydrogen) atoms. The van der Waals surface area contributed by atoms with Crippen molar-refractivity contribution in [1.82, 2.24) is 0 Å². The summed E-state index contributed by atoms with van der Waals surface area (Å²) in [5.74, 6) is -1.20. The van der Waals surface area contributed by atoms with Crippen LogP contribution < -0.4 is 11.1 Å². The fourth-order valence-corrected chi connectivity index (χ4v) is 2.84. The molecule has 1 aromatic carbocycles. The fraction of sp³-hybridized carbons (Fsp3) is 0.571. The van der Waals surface area contributed by atoms with Gasteiger partial charge in [-0.1, -0.05) is 11.6 Å². The molecule has 1 aliphatic carbocycles. The van der Waals surface area contributed by atoms with E-state index in [9.17, 15) is 13.2 Å². The Hall–Kier alpha value is -0.940. The van der Waals surface area contributed by atoms with E-state index < -0.39 is 17.6 Å². The number of nitrogens with two attached hydrogens (primary N) is 1. The summed E-state index contributed by atoms with van der Waals surface area (Å²) < 4.78 is 38.1. The summed E-state index contributed by atoms with van der Waals surface area (Å²) in [6.45, 7) is 0.320. The number of hydrogen-bond donors (Lipinski definition) is 2. The minimum atomic E-state index is -4.10. The highest BCUT2D eigenvalue weighted by atomic mass is 35.5. The van der Waals surface area contributed by atoms with E-state index in [-0.39, 0.29) is 12.8 Å². The Morgan fingerprint density at radius 3 is 2.20 bits per heavy atom. The van der Waals surface area contributed by atoms with E-state index in [4.69, 9.17) is 17.3 Å². The van der Waals surface area contributed by atoms with Crippen molar-refractivity contribution in [3.8, 4) is 0 Å². The van der Waals surface area contributed by atoms with Gasteiger partial charge in [0.05, 0.1) is 5.92 Å². The molecule has 0 amide bonds. The SMILES string of the molecule is NCC1(Nc2ccc(Cl)cc2)CCC(C(F)(F)F)CC1. The Kier molecular flexibility index (Phi) is 4.49. The first kappa shape index (κ1) is 15.4. The molecular weight excluding hydrogens is 289 g/mol. The highest BCUT2D eigenvalue weighted by Crippen LogP contribution is 2.42. The number of anilines is 1. The molecule has 0 atom stereocenters. The average Bonchev–Trinajstić information content (AvgIpc) is 2.41. The lowest BCUT2D eigenvalue weighted by atomic mass is 9.76. The highest BCUT2D eigenvalue weighted by Gasteiger charge is 2.45. The van der Waals surface area contributed by atoms with Crippen LogP contribution in [-0.2, 0) is 0 Å². The van der Waals surface area contributed by atoms with Gasteiger partial charge < -0.3 is 11.1 Å². The van der Waals surface area contributed by atoms with Crippen molar-refractivity contribution in [1.29, 1.82) is 0 Å². The molecule has 0 aromatic heterocycles. The summed E-state index contributed by atoms with van der Waals surface area (Å²) in [4.78, 5) is 0. The lowest BCUT2D eigenvalue weighted by Crippen LogP contribution is -2.49. The summed E-state index contributed by atoms with van der Waals surface area (Å²) in [7, 11) is 0. The second-order valence-corrected chi connectivity index (χ2v) is 5.87. The summed E-state index contributed by atoms with van der Waals surface area (Å²) in [6.07, 6.45) is -2.99. The molecule has 0 spiro atoms. The fourth-order valence-electron chi connectivity index (χ4n) is 2.72. The van der Waals surface area contributed by atoms with Crippen LogP contribution in [0.25, 0.3) is 0 Å². The lowest BCUT2D eigenvalue weighted by molar-refractivity contribution is -0.183. The number of nitrogens with one attached hydrogen (secondary N) is 1. The van der Waals surface area contributed by atoms with Crippen LogP contribution >= 0.6 is 11.6 Å². The highest BCUT2D eigenvalue weighted by molar-refractivity contribution is 6.30. The second-order valence-electron chi connectivity index (χ2n) is 5.43. The smallest absolute Gasteiger partial charge is 0.378 e. The van der Waals surface area contributed by atoms with Crippen LogP contribution in [0.4, 0.5) is 18.9 Å². The number of alkyl halides is 3. The molecular formula is C14H18ClF3N2. The third-order valence-electron chi connectivity index (χ3n) is 4.05. The van der Waals surface area contributed by atoms with E-state index in [0.717, 1.165) is 5.69 Å². The third kappa shape index (κ3) is 3.58. The molecule has 1 aliphatic rings. The maximum absolute atomic E-state index is 12.7. The second kappa shape index (κ2) is 5.82. The van der Waals surface area contributed by atoms with Gasteiger partial charge >= 0.3 is 6.18 Å². The maximum atomic E-state index is 12.7. The number of hydrogen-bond acceptors (Lipinski definition) is 2. The molecule has 0 aliphatic heterocycles. The van der Waals surface area contributed by atoms with Gasteiger partial charge in [0.25, 0.3) is 0 Å². The summed E-state index contributed by atoms with van der Waals surface area (Å²) in [6, 6.07) is 7.12. The van der Waals surface area contributed by atoms with Crippen LogP contribution in [0.2, 0.25) is 5.02 Å². The van der Waals surface area contributed by atoms with E-state index in [2.05, 4.69) is 5.32 Å². The van der Waals surface area contributed by atoms with Crippen molar-refractivity contribution in [2.24, 2.45) is 11.7 Å². The Labute approximate surface area is 121 Å². The van der Waals surface area contributed by atoms with Crippen LogP contribution in [0.1, 0.15) is 25.7 Å². The normalized spacial score (nSPS) is 27.4. The molecule has 1 aromatic rings. The van der Waals surface area contributed by atoms with Crippen molar-refractivity contribution >= 4 is 17.3 Å². The van der Waals surface area contributed by atoms with Gasteiger partial charge in [0.2, 0.25) is 0 Å². The molecule has 0 unspecified atom stereocenters. The number of benzene rings is 1. The quantitative estimate of drug-likeness (QED) is 0.878. The summed E-state index contributed by atoms with van der Waals surface area (Å²) in [5.41, 5.74) is 6.19. The van der Waals surface area contributed by atoms with Gasteiger partial charge in [-0.25, -0.2) is 0 Å². The Bertz CT molecular complexity index is 437. The van der Waals surface area contributed by atoms with E-state index in [1.807, 2.05) is 12.1 Å². The van der Waals surface area contributed by atoms with Crippen LogP contribution in [0.5, 0.6) is 0 Å². The summed E-state index contributed by atoms with van der Waals surface area (Å²) >= 11 is 5.81. The zero-order chi connectivity index (χ0) is 14.8. The van der Waals surface area contributed by atoms with Gasteiger partial charge in [0, 0.05) is 22.8 Å². The molecule has 1 saturated carbocycles. The first-order valence-corrected chi connectivity index (χ1v) is 7.03. The predicted molar refractivity (Wildman–Crippen MR) is 74.9 cm³/mol. The Morgan fingerprint density at radius 1 is 1.20 bits per heavy atom. The monoisotopic (exact) mass is 306 g/mol. The van der Waals surface area contributed by atoms with E-state index in [1.54, 1.807) is 12.1 Å². The van der Waals surface area contributed by atoms with Gasteiger partial charge in [-0.05, 0) is 49.9 Å². The molecule has 2 rings (SSSR count). The Morgan fingerprint density at radius 2 is 1.75 bits per heavy atom. The van der Waals surface area contributed by atoms with Gasteiger partial charge in [0.1, 0.15) is 0 Å². The third-order valence-corrected chi connectivity index (χ3v) is 4.30. The lowest BCUT2D eigenvalue weighted by Gasteiger charge is -2.41. The number of halogens is 4. The van der Waals surface area contributed by atoms with Gasteiger partial charge in [-0.2, -0.15) is 13.2 Å². The van der Waals surface area contributed by atoms with Crippen molar-refractivity contribution < 1.29 is 13.2 Å². The van der Waals surface area contributed by atoms with Gasteiger partial charge in [0.15, 0.2) is 0 Å². The zero-order valence-electron chi connectivity index (χ0n) is 11.0. The molecule has 0 saturated heterocycles. The maximum Gasteiger partial charge on any atom is 0.391 e. The minimum Gasteiger partial charge on any atom is -0.378 e. The zero-order valence-corrected chi connectivity index (χ0v) is 11.8. The standard InChI is InChI=1S/C14H18ClF3N2/c15-11-1-3-12(4-2-11)20-13(9-19)7-5-10(6-8-13)14(16,17)18/h1-4,10,20H,5-9,19H2. The molecule has 0 heterocycles. The van der Waals surface area contributed by atoms with Crippen LogP contribution in [-0.4, -0.2) is 18.3 Å². The van der Waals surface area contributed by atoms with Crippen molar-refractivity contribution in [3.63, 3.8) is 0 Å². The van der Waals surface area contributed by atoms with Crippen LogP contribution in [0.15, 0.2) is 24.3 Å². The van der Waals surface area contributed by atoms with Gasteiger partial charge in [-0.15, -0.1) is 0 Å². The van der Waals surface area contributed by atoms with Crippen LogP contribution in [0.3, 0.4) is 0 Å². The summed E-state index contributed by atoms with van der Waals surface area (Å²) in [5, 5.41) is 3.92. The molecule has 112 valence electrons. The predicted octanol–water partition coefficient (Wildman–Crippen LogP) is 4.20. The van der Waals surface area contributed by atoms with Crippen molar-refractivity contribution in [2.45, 2.75) is 37.4 Å². The van der Waals surface area contributed by atoms with Crippen LogP contribution in [0, 0.1) is 5.92 Å². The molecule has 0 radical (unpaired) electrons. The first-order chi connectivity index (χ1) is 9.35. The van der Waals surface area contributed by atoms with Gasteiger partial charge in [-0.3, -0.25) is 0 Å². The van der Waals surface area contributed by atoms with E-state index in [0.29, 0.717) is 24.4 Å².